The van der Waals surface area contributed by atoms with Crippen LogP contribution in [0, 0.1) is 11.6 Å². The second-order valence-corrected chi connectivity index (χ2v) is 10.6. The molecule has 2 N–H and O–H groups in total. The first-order chi connectivity index (χ1) is 19.9. The van der Waals surface area contributed by atoms with E-state index >= 15 is 0 Å². The van der Waals surface area contributed by atoms with Crippen molar-refractivity contribution >= 4 is 25.7 Å². The van der Waals surface area contributed by atoms with E-state index in [2.05, 4.69) is 4.52 Å². The number of phosphoric acid groups is 1. The van der Waals surface area contributed by atoms with Gasteiger partial charge >= 0.3 is 14.0 Å². The SMILES string of the molecule is C[C@H]1CO[C@@H]2Cn3cc(C(=O)CCc4ccc(F)cc4F)c(=O)c(OCOC(=O)OCCCOP(=O)(O)O)c3C(=O)N12. The molecule has 2 aromatic rings. The molecule has 2 aliphatic rings. The van der Waals surface area contributed by atoms with E-state index < -0.39 is 68.1 Å². The molecule has 0 saturated carbocycles. The van der Waals surface area contributed by atoms with Gasteiger partial charge in [-0.15, -0.1) is 0 Å². The van der Waals surface area contributed by atoms with Gasteiger partial charge in [-0.2, -0.15) is 0 Å². The van der Waals surface area contributed by atoms with Gasteiger partial charge in [0.25, 0.3) is 5.91 Å². The summed E-state index contributed by atoms with van der Waals surface area (Å²) < 4.78 is 64.0. The number of ether oxygens (including phenoxy) is 4. The number of aromatic nitrogens is 1. The predicted molar refractivity (Wildman–Crippen MR) is 136 cm³/mol. The van der Waals surface area contributed by atoms with Gasteiger partial charge in [-0.1, -0.05) is 6.07 Å². The number of carbonyl (C=O) groups is 3. The molecule has 2 atom stereocenters. The molecule has 1 saturated heterocycles. The van der Waals surface area contributed by atoms with Crippen LogP contribution in [0.15, 0.2) is 29.2 Å². The maximum Gasteiger partial charge on any atom is 0.511 e. The van der Waals surface area contributed by atoms with E-state index in [1.807, 2.05) is 0 Å². The Morgan fingerprint density at radius 2 is 1.93 bits per heavy atom. The minimum atomic E-state index is -4.66. The number of halogens is 2. The van der Waals surface area contributed by atoms with Gasteiger partial charge < -0.3 is 38.2 Å². The highest BCUT2D eigenvalue weighted by Crippen LogP contribution is 2.35. The molecule has 228 valence electrons. The second-order valence-electron chi connectivity index (χ2n) is 9.39. The summed E-state index contributed by atoms with van der Waals surface area (Å²) in [7, 11) is -4.66. The number of carbonyl (C=O) groups excluding carboxylic acids is 3. The molecule has 42 heavy (non-hydrogen) atoms. The summed E-state index contributed by atoms with van der Waals surface area (Å²) in [6, 6.07) is 2.61. The van der Waals surface area contributed by atoms with Crippen molar-refractivity contribution in [1.82, 2.24) is 9.47 Å². The molecule has 17 heteroatoms. The van der Waals surface area contributed by atoms with E-state index in [9.17, 15) is 32.5 Å². The largest absolute Gasteiger partial charge is 0.511 e. The summed E-state index contributed by atoms with van der Waals surface area (Å²) in [5.41, 5.74) is -1.45. The number of Topliss-reactive ketones (excluding diaryl/α,β-unsaturated/α-hetero) is 1. The Morgan fingerprint density at radius 3 is 2.64 bits per heavy atom. The number of aryl methyl sites for hydroxylation is 1. The number of phosphoric ester groups is 1. The molecule has 2 aliphatic heterocycles. The summed E-state index contributed by atoms with van der Waals surface area (Å²) in [5, 5.41) is 0. The number of rotatable bonds is 12. The molecular formula is C25H27F2N2O12P. The molecule has 0 aliphatic carbocycles. The lowest BCUT2D eigenvalue weighted by Crippen LogP contribution is -2.49. The second kappa shape index (κ2) is 13.1. The summed E-state index contributed by atoms with van der Waals surface area (Å²) in [6.45, 7) is 0.461. The highest BCUT2D eigenvalue weighted by atomic mass is 31.2. The van der Waals surface area contributed by atoms with Crippen LogP contribution in [-0.4, -0.2) is 76.0 Å². The molecular weight excluding hydrogens is 589 g/mol. The fourth-order valence-electron chi connectivity index (χ4n) is 4.48. The van der Waals surface area contributed by atoms with Crippen molar-refractivity contribution in [3.63, 3.8) is 0 Å². The molecule has 4 rings (SSSR count). The van der Waals surface area contributed by atoms with Crippen molar-refractivity contribution in [1.29, 1.82) is 0 Å². The number of fused-ring (bicyclic) bond motifs is 2. The average Bonchev–Trinajstić information content (AvgIpc) is 3.28. The predicted octanol–water partition coefficient (Wildman–Crippen LogP) is 2.13. The van der Waals surface area contributed by atoms with Crippen molar-refractivity contribution in [3.8, 4) is 5.75 Å². The molecule has 0 radical (unpaired) electrons. The Bertz CT molecular complexity index is 1480. The van der Waals surface area contributed by atoms with Gasteiger partial charge in [0.1, 0.15) is 11.6 Å². The van der Waals surface area contributed by atoms with Gasteiger partial charge in [-0.25, -0.2) is 18.1 Å². The van der Waals surface area contributed by atoms with E-state index in [4.69, 9.17) is 28.7 Å². The number of pyridine rings is 1. The molecule has 14 nitrogen and oxygen atoms in total. The summed E-state index contributed by atoms with van der Waals surface area (Å²) >= 11 is 0. The number of amides is 1. The lowest BCUT2D eigenvalue weighted by Gasteiger charge is -2.34. The quantitative estimate of drug-likeness (QED) is 0.117. The van der Waals surface area contributed by atoms with Gasteiger partial charge in [0, 0.05) is 25.1 Å². The Morgan fingerprint density at radius 1 is 1.17 bits per heavy atom. The van der Waals surface area contributed by atoms with Crippen molar-refractivity contribution in [2.75, 3.05) is 26.6 Å². The van der Waals surface area contributed by atoms with Crippen molar-refractivity contribution in [2.24, 2.45) is 0 Å². The number of nitrogens with zero attached hydrogens (tertiary/aromatic N) is 2. The first-order valence-corrected chi connectivity index (χ1v) is 14.2. The van der Waals surface area contributed by atoms with E-state index in [1.54, 1.807) is 6.92 Å². The van der Waals surface area contributed by atoms with E-state index in [0.717, 1.165) is 6.07 Å². The topological polar surface area (TPSA) is 180 Å². The van der Waals surface area contributed by atoms with Crippen LogP contribution in [-0.2, 0) is 36.3 Å². The number of benzene rings is 1. The zero-order valence-electron chi connectivity index (χ0n) is 22.2. The molecule has 1 aromatic carbocycles. The Balaban J connectivity index is 1.50. The molecule has 0 spiro atoms. The maximum atomic E-state index is 14.1. The molecule has 1 aromatic heterocycles. The smallest absolute Gasteiger partial charge is 0.451 e. The monoisotopic (exact) mass is 616 g/mol. The Labute approximate surface area is 236 Å². The fraction of sp³-hybridized carbons (Fsp3) is 0.440. The van der Waals surface area contributed by atoms with Gasteiger partial charge in [-0.3, -0.25) is 18.9 Å². The Hall–Kier alpha value is -3.69. The summed E-state index contributed by atoms with van der Waals surface area (Å²) in [6.07, 6.45) is -1.22. The number of ketones is 1. The van der Waals surface area contributed by atoms with Gasteiger partial charge in [0.2, 0.25) is 18.0 Å². The molecule has 3 heterocycles. The van der Waals surface area contributed by atoms with Crippen molar-refractivity contribution in [2.45, 2.75) is 45.0 Å². The van der Waals surface area contributed by atoms with Crippen molar-refractivity contribution < 1.29 is 61.0 Å². The third-order valence-electron chi connectivity index (χ3n) is 6.43. The van der Waals surface area contributed by atoms with Crippen LogP contribution >= 0.6 is 7.82 Å². The number of hydrogen-bond donors (Lipinski definition) is 2. The lowest BCUT2D eigenvalue weighted by molar-refractivity contribution is -0.00253. The fourth-order valence-corrected chi connectivity index (χ4v) is 4.84. The molecule has 0 unspecified atom stereocenters. The first-order valence-electron chi connectivity index (χ1n) is 12.7. The molecule has 0 bridgehead atoms. The maximum absolute atomic E-state index is 14.1. The summed E-state index contributed by atoms with van der Waals surface area (Å²) in [4.78, 5) is 70.4. The van der Waals surface area contributed by atoms with Crippen LogP contribution in [0.2, 0.25) is 0 Å². The van der Waals surface area contributed by atoms with Crippen molar-refractivity contribution in [3.05, 3.63) is 63.1 Å². The third-order valence-corrected chi connectivity index (χ3v) is 6.95. The highest BCUT2D eigenvalue weighted by molar-refractivity contribution is 7.46. The van der Waals surface area contributed by atoms with E-state index in [0.29, 0.717) is 6.07 Å². The highest BCUT2D eigenvalue weighted by Gasteiger charge is 2.43. The normalized spacial score (nSPS) is 17.9. The minimum absolute atomic E-state index is 0.0618. The van der Waals surface area contributed by atoms with Crippen LogP contribution in [0.1, 0.15) is 46.2 Å². The van der Waals surface area contributed by atoms with E-state index in [-0.39, 0.29) is 61.9 Å². The van der Waals surface area contributed by atoms with Gasteiger partial charge in [0.15, 0.2) is 17.7 Å². The van der Waals surface area contributed by atoms with Crippen LogP contribution in [0.5, 0.6) is 5.75 Å². The molecule has 1 amide bonds. The summed E-state index contributed by atoms with van der Waals surface area (Å²) in [5.74, 6) is -3.48. The van der Waals surface area contributed by atoms with Crippen LogP contribution in [0.3, 0.4) is 0 Å². The average molecular weight is 616 g/mol. The molecule has 1 fully saturated rings. The zero-order valence-corrected chi connectivity index (χ0v) is 23.1. The Kier molecular flexibility index (Phi) is 9.74. The third kappa shape index (κ3) is 7.38. The van der Waals surface area contributed by atoms with Crippen LogP contribution in [0.4, 0.5) is 13.6 Å². The van der Waals surface area contributed by atoms with Crippen LogP contribution < -0.4 is 10.2 Å². The first kappa shape index (κ1) is 31.3. The van der Waals surface area contributed by atoms with Crippen LogP contribution in [0.25, 0.3) is 0 Å². The minimum Gasteiger partial charge on any atom is -0.451 e. The van der Waals surface area contributed by atoms with Gasteiger partial charge in [-0.05, 0) is 25.0 Å². The zero-order chi connectivity index (χ0) is 30.6. The van der Waals surface area contributed by atoms with E-state index in [1.165, 1.54) is 21.7 Å². The number of hydrogen-bond acceptors (Lipinski definition) is 10. The standard InChI is InChI=1S/C25H27F2N2O12P/c1-14-12-38-20-11-28-10-17(19(30)6-4-15-3-5-16(26)9-18(15)27)22(31)23(21(28)24(32)29(14)20)39-13-40-25(33)37-7-2-8-41-42(34,35)36/h3,5,9-10,14,20H,2,4,6-8,11-13H2,1H3,(H2,34,35,36)/t14-,20+/m0/s1. The lowest BCUT2D eigenvalue weighted by atomic mass is 10.0. The van der Waals surface area contributed by atoms with Gasteiger partial charge in [0.05, 0.1) is 38.0 Å².